The maximum atomic E-state index is 12.0. The van der Waals surface area contributed by atoms with Crippen LogP contribution in [0.15, 0.2) is 45.2 Å². The lowest BCUT2D eigenvalue weighted by Crippen LogP contribution is -2.09. The number of aryl methyl sites for hydroxylation is 4. The van der Waals surface area contributed by atoms with Gasteiger partial charge in [-0.3, -0.25) is 9.36 Å². The summed E-state index contributed by atoms with van der Waals surface area (Å²) < 4.78 is 15.1. The maximum absolute atomic E-state index is 12.0. The Hall–Kier alpha value is -6.34. The molecule has 0 aliphatic rings. The van der Waals surface area contributed by atoms with Crippen LogP contribution in [-0.4, -0.2) is 75.2 Å². The van der Waals surface area contributed by atoms with Crippen LogP contribution in [0.4, 0.5) is 34.6 Å². The number of esters is 2. The summed E-state index contributed by atoms with van der Waals surface area (Å²) in [7, 11) is 5.78. The third-order valence-corrected chi connectivity index (χ3v) is 6.12. The Morgan fingerprint density at radius 2 is 1.11 bits per heavy atom. The fourth-order valence-corrected chi connectivity index (χ4v) is 4.04. The summed E-state index contributed by atoms with van der Waals surface area (Å²) in [5.41, 5.74) is 14.4. The van der Waals surface area contributed by atoms with Gasteiger partial charge in [-0.1, -0.05) is 0 Å². The first-order chi connectivity index (χ1) is 21.0. The van der Waals surface area contributed by atoms with E-state index in [1.54, 1.807) is 34.0 Å². The highest BCUT2D eigenvalue weighted by atomic mass is 16.5. The molecule has 5 heterocycles. The average Bonchev–Trinajstić information content (AvgIpc) is 3.73. The number of azo groups is 2. The zero-order valence-electron chi connectivity index (χ0n) is 24.4. The molecule has 5 rings (SSSR count). The number of nitrogen functional groups attached to an aromatic ring is 2. The Labute approximate surface area is 248 Å². The summed E-state index contributed by atoms with van der Waals surface area (Å²) in [6.07, 6.45) is 4.22. The molecule has 5 aromatic rings. The quantitative estimate of drug-likeness (QED) is 0.192. The third kappa shape index (κ3) is 5.33. The number of nitrogens with two attached hydrogens (primary N) is 2. The van der Waals surface area contributed by atoms with E-state index >= 15 is 0 Å². The van der Waals surface area contributed by atoms with Crippen molar-refractivity contribution in [1.82, 2.24) is 49.1 Å². The zero-order chi connectivity index (χ0) is 31.7. The average molecular weight is 603 g/mol. The van der Waals surface area contributed by atoms with Crippen molar-refractivity contribution >= 4 is 46.6 Å². The molecule has 0 saturated carbocycles. The number of aromatic nitrogens is 10. The zero-order valence-corrected chi connectivity index (χ0v) is 24.4. The number of nitrogens with zero attached hydrogens (tertiary/aromatic N) is 14. The normalized spacial score (nSPS) is 11.6. The highest BCUT2D eigenvalue weighted by Gasteiger charge is 2.21. The van der Waals surface area contributed by atoms with Crippen molar-refractivity contribution in [3.8, 4) is 11.6 Å². The van der Waals surface area contributed by atoms with Gasteiger partial charge in [0.2, 0.25) is 11.6 Å². The Morgan fingerprint density at radius 3 is 1.50 bits per heavy atom. The van der Waals surface area contributed by atoms with Gasteiger partial charge in [0.05, 0.1) is 25.6 Å². The molecular formula is C24H26N16O4. The predicted molar refractivity (Wildman–Crippen MR) is 152 cm³/mol. The van der Waals surface area contributed by atoms with Gasteiger partial charge in [0.1, 0.15) is 17.5 Å². The minimum atomic E-state index is -0.610. The van der Waals surface area contributed by atoms with Gasteiger partial charge in [-0.2, -0.15) is 29.8 Å². The minimum absolute atomic E-state index is 0.0530. The van der Waals surface area contributed by atoms with Crippen LogP contribution < -0.4 is 11.5 Å². The van der Waals surface area contributed by atoms with E-state index in [1.165, 1.54) is 51.7 Å². The molecule has 0 amide bonds. The fraction of sp³-hybridized carbons (Fsp3) is 0.250. The number of anilines is 2. The van der Waals surface area contributed by atoms with Crippen molar-refractivity contribution in [3.05, 3.63) is 47.3 Å². The topological polar surface area (TPSA) is 251 Å². The molecule has 0 aliphatic carbocycles. The third-order valence-electron chi connectivity index (χ3n) is 6.12. The molecule has 0 fully saturated rings. The Balaban J connectivity index is 1.46. The number of carbonyl (C=O) groups is 2. The Kier molecular flexibility index (Phi) is 7.62. The van der Waals surface area contributed by atoms with Gasteiger partial charge >= 0.3 is 11.9 Å². The van der Waals surface area contributed by atoms with Crippen LogP contribution in [0.2, 0.25) is 0 Å². The second-order valence-electron chi connectivity index (χ2n) is 9.16. The van der Waals surface area contributed by atoms with Crippen molar-refractivity contribution < 1.29 is 19.1 Å². The van der Waals surface area contributed by atoms with E-state index in [0.717, 1.165) is 0 Å². The summed E-state index contributed by atoms with van der Waals surface area (Å²) >= 11 is 0. The standard InChI is InChI=1S/C24H26N16O4/c1-11-17(29-31-21-13(23(41)43-5)8-37(3)35-21)19(25)39(33-11)15-7-16(28-10-27-15)40-20(26)18(12(2)34-40)30-32-22-14(24(42)44-6)9-38(4)36-22/h7-10H,25-26H2,1-6H3/b31-29+,32-30+. The Morgan fingerprint density at radius 1 is 0.705 bits per heavy atom. The van der Waals surface area contributed by atoms with Gasteiger partial charge in [0.15, 0.2) is 34.6 Å². The van der Waals surface area contributed by atoms with E-state index in [9.17, 15) is 9.59 Å². The molecule has 0 saturated heterocycles. The molecule has 0 spiro atoms. The molecule has 4 N–H and O–H groups in total. The molecule has 20 heteroatoms. The van der Waals surface area contributed by atoms with Crippen LogP contribution >= 0.6 is 0 Å². The largest absolute Gasteiger partial charge is 0.465 e. The highest BCUT2D eigenvalue weighted by Crippen LogP contribution is 2.33. The van der Waals surface area contributed by atoms with Crippen LogP contribution in [0.1, 0.15) is 32.1 Å². The van der Waals surface area contributed by atoms with Gasteiger partial charge in [-0.25, -0.2) is 19.6 Å². The second-order valence-corrected chi connectivity index (χ2v) is 9.16. The summed E-state index contributed by atoms with van der Waals surface area (Å²) in [6.45, 7) is 3.37. The molecule has 0 bridgehead atoms. The summed E-state index contributed by atoms with van der Waals surface area (Å²) in [5.74, 6) is -0.337. The number of hydrogen-bond acceptors (Lipinski definition) is 16. The molecule has 20 nitrogen and oxygen atoms in total. The number of carbonyl (C=O) groups excluding carboxylic acids is 2. The van der Waals surface area contributed by atoms with E-state index in [2.05, 4.69) is 50.8 Å². The van der Waals surface area contributed by atoms with Crippen LogP contribution in [-0.2, 0) is 23.6 Å². The smallest absolute Gasteiger partial charge is 0.343 e. The van der Waals surface area contributed by atoms with Crippen LogP contribution in [0.25, 0.3) is 11.6 Å². The van der Waals surface area contributed by atoms with E-state index in [0.29, 0.717) is 11.4 Å². The van der Waals surface area contributed by atoms with Crippen LogP contribution in [0, 0.1) is 13.8 Å². The summed E-state index contributed by atoms with van der Waals surface area (Å²) in [4.78, 5) is 32.6. The van der Waals surface area contributed by atoms with E-state index in [1.807, 2.05) is 0 Å². The van der Waals surface area contributed by atoms with Crippen molar-refractivity contribution in [3.63, 3.8) is 0 Å². The van der Waals surface area contributed by atoms with Crippen molar-refractivity contribution in [1.29, 1.82) is 0 Å². The SMILES string of the molecule is COC(=O)c1cn(C)nc1/N=N/c1c(C)nn(-c2cc(-n3nc(C)c(/N=N/c4nn(C)cc4C(=O)OC)c3N)ncn2)c1N. The lowest BCUT2D eigenvalue weighted by Gasteiger charge is -2.06. The summed E-state index contributed by atoms with van der Waals surface area (Å²) in [6, 6.07) is 1.55. The minimum Gasteiger partial charge on any atom is -0.465 e. The lowest BCUT2D eigenvalue weighted by atomic mass is 10.3. The molecular weight excluding hydrogens is 576 g/mol. The molecule has 0 aliphatic heterocycles. The molecule has 0 aromatic carbocycles. The Bertz CT molecular complexity index is 1820. The van der Waals surface area contributed by atoms with E-state index in [4.69, 9.17) is 20.9 Å². The van der Waals surface area contributed by atoms with Crippen LogP contribution in [0.3, 0.4) is 0 Å². The second kappa shape index (κ2) is 11.5. The molecule has 226 valence electrons. The molecule has 5 aromatic heterocycles. The molecule has 0 unspecified atom stereocenters. The molecule has 0 radical (unpaired) electrons. The first-order valence-corrected chi connectivity index (χ1v) is 12.6. The van der Waals surface area contributed by atoms with Gasteiger partial charge in [-0.05, 0) is 13.8 Å². The maximum Gasteiger partial charge on any atom is 0.343 e. The number of rotatable bonds is 8. The van der Waals surface area contributed by atoms with E-state index < -0.39 is 11.9 Å². The van der Waals surface area contributed by atoms with Crippen molar-refractivity contribution in [2.24, 2.45) is 34.6 Å². The number of ether oxygens (including phenoxy) is 2. The van der Waals surface area contributed by atoms with Gasteiger partial charge in [-0.15, -0.1) is 20.5 Å². The van der Waals surface area contributed by atoms with Crippen molar-refractivity contribution in [2.75, 3.05) is 25.7 Å². The summed E-state index contributed by atoms with van der Waals surface area (Å²) in [5, 5.41) is 33.7. The van der Waals surface area contributed by atoms with Crippen molar-refractivity contribution in [2.45, 2.75) is 13.8 Å². The number of methoxy groups -OCH3 is 2. The van der Waals surface area contributed by atoms with Gasteiger partial charge in [0.25, 0.3) is 0 Å². The first-order valence-electron chi connectivity index (χ1n) is 12.6. The first kappa shape index (κ1) is 29.2. The van der Waals surface area contributed by atoms with Gasteiger partial charge < -0.3 is 20.9 Å². The molecule has 44 heavy (non-hydrogen) atoms. The molecule has 0 atom stereocenters. The monoisotopic (exact) mass is 602 g/mol. The van der Waals surface area contributed by atoms with Gasteiger partial charge in [0, 0.05) is 32.6 Å². The van der Waals surface area contributed by atoms with E-state index in [-0.39, 0.29) is 57.4 Å². The number of hydrogen-bond donors (Lipinski definition) is 2. The highest BCUT2D eigenvalue weighted by molar-refractivity contribution is 5.94. The fourth-order valence-electron chi connectivity index (χ4n) is 4.04. The lowest BCUT2D eigenvalue weighted by molar-refractivity contribution is 0.0592. The van der Waals surface area contributed by atoms with Crippen LogP contribution in [0.5, 0.6) is 0 Å². The predicted octanol–water partition coefficient (Wildman–Crippen LogP) is 2.50.